The second-order valence-corrected chi connectivity index (χ2v) is 7.07. The average molecular weight is 304 g/mol. The highest BCUT2D eigenvalue weighted by atomic mass is 16.7. The Morgan fingerprint density at radius 2 is 2.14 bits per heavy atom. The van der Waals surface area contributed by atoms with Gasteiger partial charge in [-0.1, -0.05) is 19.9 Å². The zero-order valence-electron chi connectivity index (χ0n) is 13.6. The molecule has 0 saturated heterocycles. The Hall–Kier alpha value is -1.71. The molecule has 2 aliphatic rings. The van der Waals surface area contributed by atoms with E-state index in [2.05, 4.69) is 13.8 Å². The molecule has 1 aliphatic heterocycles. The van der Waals surface area contributed by atoms with Gasteiger partial charge in [0.25, 0.3) is 0 Å². The summed E-state index contributed by atoms with van der Waals surface area (Å²) in [6, 6.07) is 5.65. The van der Waals surface area contributed by atoms with Crippen LogP contribution in [-0.2, 0) is 16.1 Å². The van der Waals surface area contributed by atoms with Crippen molar-refractivity contribution in [2.24, 2.45) is 17.3 Å². The summed E-state index contributed by atoms with van der Waals surface area (Å²) in [6.07, 6.45) is 2.98. The van der Waals surface area contributed by atoms with Gasteiger partial charge < -0.3 is 14.2 Å². The molecule has 22 heavy (non-hydrogen) atoms. The molecule has 4 nitrogen and oxygen atoms in total. The van der Waals surface area contributed by atoms with Crippen LogP contribution >= 0.6 is 0 Å². The van der Waals surface area contributed by atoms with E-state index >= 15 is 0 Å². The molecule has 0 radical (unpaired) electrons. The van der Waals surface area contributed by atoms with E-state index in [1.165, 1.54) is 0 Å². The van der Waals surface area contributed by atoms with Crippen LogP contribution in [0.5, 0.6) is 11.5 Å². The third-order valence-corrected chi connectivity index (χ3v) is 5.02. The monoisotopic (exact) mass is 304 g/mol. The molecular formula is C18H24O4. The number of fused-ring (bicyclic) bond motifs is 1. The topological polar surface area (TPSA) is 44.8 Å². The van der Waals surface area contributed by atoms with Crippen LogP contribution in [0, 0.1) is 17.3 Å². The number of hydrogen-bond acceptors (Lipinski definition) is 4. The zero-order chi connectivity index (χ0) is 15.7. The van der Waals surface area contributed by atoms with Gasteiger partial charge in [0.05, 0.1) is 5.41 Å². The second-order valence-electron chi connectivity index (χ2n) is 7.07. The molecule has 1 aliphatic carbocycles. The molecule has 0 unspecified atom stereocenters. The normalized spacial score (nSPS) is 26.5. The molecule has 0 spiro atoms. The lowest BCUT2D eigenvalue weighted by atomic mass is 9.85. The van der Waals surface area contributed by atoms with Crippen molar-refractivity contribution in [1.82, 2.24) is 0 Å². The third kappa shape index (κ3) is 2.92. The summed E-state index contributed by atoms with van der Waals surface area (Å²) >= 11 is 0. The van der Waals surface area contributed by atoms with Gasteiger partial charge in [0.2, 0.25) is 6.79 Å². The Bertz CT molecular complexity index is 566. The molecule has 120 valence electrons. The lowest BCUT2D eigenvalue weighted by Gasteiger charge is -2.23. The van der Waals surface area contributed by atoms with Crippen molar-refractivity contribution in [2.75, 3.05) is 6.79 Å². The molecule has 1 heterocycles. The predicted octanol–water partition coefficient (Wildman–Crippen LogP) is 3.92. The van der Waals surface area contributed by atoms with Gasteiger partial charge >= 0.3 is 5.97 Å². The van der Waals surface area contributed by atoms with Crippen molar-refractivity contribution < 1.29 is 19.0 Å². The molecule has 1 saturated carbocycles. The third-order valence-electron chi connectivity index (χ3n) is 5.02. The Morgan fingerprint density at radius 1 is 1.36 bits per heavy atom. The predicted molar refractivity (Wildman–Crippen MR) is 82.6 cm³/mol. The molecule has 1 aromatic carbocycles. The van der Waals surface area contributed by atoms with Crippen LogP contribution in [0.15, 0.2) is 18.2 Å². The summed E-state index contributed by atoms with van der Waals surface area (Å²) in [4.78, 5) is 12.5. The van der Waals surface area contributed by atoms with Crippen LogP contribution in [0.4, 0.5) is 0 Å². The maximum atomic E-state index is 12.5. The van der Waals surface area contributed by atoms with Gasteiger partial charge in [-0.2, -0.15) is 0 Å². The van der Waals surface area contributed by atoms with Crippen molar-refractivity contribution >= 4 is 5.97 Å². The van der Waals surface area contributed by atoms with E-state index in [4.69, 9.17) is 14.2 Å². The first-order valence-electron chi connectivity index (χ1n) is 8.04. The Morgan fingerprint density at radius 3 is 2.86 bits per heavy atom. The van der Waals surface area contributed by atoms with Crippen molar-refractivity contribution in [3.63, 3.8) is 0 Å². The first-order valence-corrected chi connectivity index (χ1v) is 8.04. The molecule has 0 bridgehead atoms. The summed E-state index contributed by atoms with van der Waals surface area (Å²) in [7, 11) is 0. The minimum atomic E-state index is -0.328. The van der Waals surface area contributed by atoms with Crippen LogP contribution < -0.4 is 9.47 Å². The van der Waals surface area contributed by atoms with Crippen molar-refractivity contribution in [3.8, 4) is 11.5 Å². The Labute approximate surface area is 131 Å². The van der Waals surface area contributed by atoms with Crippen LogP contribution in [-0.4, -0.2) is 12.8 Å². The van der Waals surface area contributed by atoms with Gasteiger partial charge in [-0.05, 0) is 55.7 Å². The highest BCUT2D eigenvalue weighted by Crippen LogP contribution is 2.45. The van der Waals surface area contributed by atoms with Gasteiger partial charge in [0.15, 0.2) is 11.5 Å². The number of rotatable bonds is 4. The van der Waals surface area contributed by atoms with Crippen molar-refractivity contribution in [1.29, 1.82) is 0 Å². The van der Waals surface area contributed by atoms with E-state index in [0.29, 0.717) is 11.8 Å². The fourth-order valence-corrected chi connectivity index (χ4v) is 3.40. The highest BCUT2D eigenvalue weighted by Gasteiger charge is 2.43. The van der Waals surface area contributed by atoms with Gasteiger partial charge in [-0.3, -0.25) is 4.79 Å². The molecule has 0 N–H and O–H groups in total. The van der Waals surface area contributed by atoms with E-state index in [1.807, 2.05) is 25.1 Å². The lowest BCUT2D eigenvalue weighted by molar-refractivity contribution is -0.156. The van der Waals surface area contributed by atoms with E-state index in [1.54, 1.807) is 0 Å². The maximum Gasteiger partial charge on any atom is 0.312 e. The number of benzene rings is 1. The Balaban J connectivity index is 1.58. The van der Waals surface area contributed by atoms with Gasteiger partial charge in [0.1, 0.15) is 6.61 Å². The minimum Gasteiger partial charge on any atom is -0.460 e. The number of esters is 1. The van der Waals surface area contributed by atoms with E-state index < -0.39 is 0 Å². The summed E-state index contributed by atoms with van der Waals surface area (Å²) in [5.74, 6) is 2.65. The smallest absolute Gasteiger partial charge is 0.312 e. The molecule has 1 aromatic rings. The lowest BCUT2D eigenvalue weighted by Crippen LogP contribution is -2.27. The molecule has 2 atom stereocenters. The second kappa shape index (κ2) is 5.82. The summed E-state index contributed by atoms with van der Waals surface area (Å²) < 4.78 is 16.2. The molecule has 3 rings (SSSR count). The fraction of sp³-hybridized carbons (Fsp3) is 0.611. The van der Waals surface area contributed by atoms with Crippen LogP contribution in [0.1, 0.15) is 45.6 Å². The largest absolute Gasteiger partial charge is 0.460 e. The minimum absolute atomic E-state index is 0.0756. The zero-order valence-corrected chi connectivity index (χ0v) is 13.6. The standard InChI is InChI=1S/C18H24O4/c1-12(2)14-6-7-18(3,9-14)17(19)20-10-13-4-5-15-16(8-13)22-11-21-15/h4-5,8,12,14H,6-7,9-11H2,1-3H3/t14-,18-/m1/s1. The van der Waals surface area contributed by atoms with Crippen LogP contribution in [0.3, 0.4) is 0 Å². The highest BCUT2D eigenvalue weighted by molar-refractivity contribution is 5.76. The fourth-order valence-electron chi connectivity index (χ4n) is 3.40. The molecule has 0 aromatic heterocycles. The van der Waals surface area contributed by atoms with E-state index in [-0.39, 0.29) is 24.8 Å². The number of ether oxygens (including phenoxy) is 3. The number of carbonyl (C=O) groups is 1. The quantitative estimate of drug-likeness (QED) is 0.791. The molecule has 0 amide bonds. The first-order chi connectivity index (χ1) is 10.5. The van der Waals surface area contributed by atoms with E-state index in [0.717, 1.165) is 36.3 Å². The number of hydrogen-bond donors (Lipinski definition) is 0. The average Bonchev–Trinajstić information content (AvgIpc) is 3.11. The molecule has 1 fully saturated rings. The van der Waals surface area contributed by atoms with Gasteiger partial charge in [-0.25, -0.2) is 0 Å². The molecule has 4 heteroatoms. The summed E-state index contributed by atoms with van der Waals surface area (Å²) in [6.45, 7) is 7.05. The maximum absolute atomic E-state index is 12.5. The van der Waals surface area contributed by atoms with Crippen molar-refractivity contribution in [3.05, 3.63) is 23.8 Å². The van der Waals surface area contributed by atoms with E-state index in [9.17, 15) is 4.79 Å². The van der Waals surface area contributed by atoms with Crippen LogP contribution in [0.2, 0.25) is 0 Å². The SMILES string of the molecule is CC(C)[C@@H]1CC[C@@](C)(C(=O)OCc2ccc3c(c2)OCO3)C1. The van der Waals surface area contributed by atoms with Crippen molar-refractivity contribution in [2.45, 2.75) is 46.6 Å². The van der Waals surface area contributed by atoms with Gasteiger partial charge in [-0.15, -0.1) is 0 Å². The summed E-state index contributed by atoms with van der Waals surface area (Å²) in [5, 5.41) is 0. The van der Waals surface area contributed by atoms with Crippen LogP contribution in [0.25, 0.3) is 0 Å². The molecular weight excluding hydrogens is 280 g/mol. The Kier molecular flexibility index (Phi) is 4.02. The number of carbonyl (C=O) groups excluding carboxylic acids is 1. The van der Waals surface area contributed by atoms with Gasteiger partial charge in [0, 0.05) is 0 Å². The summed E-state index contributed by atoms with van der Waals surface area (Å²) in [5.41, 5.74) is 0.602. The first kappa shape index (κ1) is 15.2.